The van der Waals surface area contributed by atoms with E-state index in [0.717, 1.165) is 71.6 Å². The molecule has 6 nitrogen and oxygen atoms in total. The molecule has 4 aromatic heterocycles. The Kier molecular flexibility index (Phi) is 4.90. The molecule has 10 rings (SSSR count). The molecular weight excluding hydrogens is 554 g/mol. The summed E-state index contributed by atoms with van der Waals surface area (Å²) in [7, 11) is 0. The summed E-state index contributed by atoms with van der Waals surface area (Å²) in [6.07, 6.45) is 3.10. The van der Waals surface area contributed by atoms with Crippen molar-refractivity contribution in [2.45, 2.75) is 0 Å². The largest absolute Gasteiger partial charge is 0.456 e. The van der Waals surface area contributed by atoms with Crippen LogP contribution in [0.5, 0.6) is 0 Å². The van der Waals surface area contributed by atoms with Gasteiger partial charge in [-0.1, -0.05) is 72.8 Å². The molecular formula is C39H23N5O. The van der Waals surface area contributed by atoms with Crippen molar-refractivity contribution in [2.24, 2.45) is 0 Å². The monoisotopic (exact) mass is 577 g/mol. The second-order valence-corrected chi connectivity index (χ2v) is 11.4. The summed E-state index contributed by atoms with van der Waals surface area (Å²) in [6, 6.07) is 45.2. The third-order valence-electron chi connectivity index (χ3n) is 8.98. The first-order valence-corrected chi connectivity index (χ1v) is 14.9. The van der Waals surface area contributed by atoms with E-state index in [0.29, 0.717) is 5.95 Å². The zero-order valence-electron chi connectivity index (χ0n) is 23.9. The van der Waals surface area contributed by atoms with Gasteiger partial charge in [-0.25, -0.2) is 15.0 Å². The molecule has 6 aromatic carbocycles. The van der Waals surface area contributed by atoms with Gasteiger partial charge in [-0.2, -0.15) is 0 Å². The lowest BCUT2D eigenvalue weighted by molar-refractivity contribution is 0.669. The molecule has 0 radical (unpaired) electrons. The van der Waals surface area contributed by atoms with Crippen LogP contribution in [0.3, 0.4) is 0 Å². The molecule has 0 bridgehead atoms. The first-order valence-electron chi connectivity index (χ1n) is 14.9. The van der Waals surface area contributed by atoms with Gasteiger partial charge >= 0.3 is 0 Å². The van der Waals surface area contributed by atoms with Crippen LogP contribution in [0.15, 0.2) is 144 Å². The maximum atomic E-state index is 6.06. The van der Waals surface area contributed by atoms with Gasteiger partial charge in [0.15, 0.2) is 0 Å². The Morgan fingerprint density at radius 2 is 1.00 bits per heavy atom. The molecule has 0 N–H and O–H groups in total. The average molecular weight is 578 g/mol. The highest BCUT2D eigenvalue weighted by Gasteiger charge is 2.19. The molecule has 0 unspecified atom stereocenters. The van der Waals surface area contributed by atoms with Gasteiger partial charge in [0.2, 0.25) is 5.95 Å². The van der Waals surface area contributed by atoms with E-state index in [4.69, 9.17) is 4.42 Å². The van der Waals surface area contributed by atoms with Gasteiger partial charge in [0.1, 0.15) is 23.8 Å². The van der Waals surface area contributed by atoms with Crippen molar-refractivity contribution < 1.29 is 4.42 Å². The van der Waals surface area contributed by atoms with Crippen molar-refractivity contribution in [3.63, 3.8) is 0 Å². The van der Waals surface area contributed by atoms with Crippen molar-refractivity contribution in [3.05, 3.63) is 140 Å². The minimum Gasteiger partial charge on any atom is -0.456 e. The molecule has 45 heavy (non-hydrogen) atoms. The quantitative estimate of drug-likeness (QED) is 0.210. The standard InChI is InChI=1S/C39H23N5O/c1-4-10-33-27(7-1)30-21-36-31(28-8-2-5-11-34(28)44(36)39-41-22-40-23-42-39)20-35(30)43(33)26-16-13-24(14-17-26)25-15-18-38-32(19-25)29-9-3-6-12-37(29)45-38/h1-23H. The predicted octanol–water partition coefficient (Wildman–Crippen LogP) is 9.63. The van der Waals surface area contributed by atoms with E-state index in [1.165, 1.54) is 10.8 Å². The number of rotatable bonds is 3. The maximum absolute atomic E-state index is 6.06. The fourth-order valence-corrected chi connectivity index (χ4v) is 6.98. The van der Waals surface area contributed by atoms with Crippen molar-refractivity contribution in [1.82, 2.24) is 24.1 Å². The predicted molar refractivity (Wildman–Crippen MR) is 181 cm³/mol. The minimum absolute atomic E-state index is 0.608. The van der Waals surface area contributed by atoms with Crippen LogP contribution in [0, 0.1) is 0 Å². The van der Waals surface area contributed by atoms with Crippen LogP contribution in [0.1, 0.15) is 0 Å². The fraction of sp³-hybridized carbons (Fsp3) is 0. The van der Waals surface area contributed by atoms with Crippen molar-refractivity contribution in [3.8, 4) is 22.8 Å². The molecule has 0 fully saturated rings. The molecule has 0 aliphatic carbocycles. The highest BCUT2D eigenvalue weighted by atomic mass is 16.3. The molecule has 4 heterocycles. The van der Waals surface area contributed by atoms with E-state index < -0.39 is 0 Å². The van der Waals surface area contributed by atoms with E-state index in [1.54, 1.807) is 12.7 Å². The van der Waals surface area contributed by atoms with Crippen molar-refractivity contribution in [2.75, 3.05) is 0 Å². The topological polar surface area (TPSA) is 61.7 Å². The first kappa shape index (κ1) is 24.2. The Labute approximate surface area is 256 Å². The van der Waals surface area contributed by atoms with Gasteiger partial charge in [0.25, 0.3) is 0 Å². The highest BCUT2D eigenvalue weighted by Crippen LogP contribution is 2.39. The highest BCUT2D eigenvalue weighted by molar-refractivity contribution is 6.19. The third kappa shape index (κ3) is 3.48. The zero-order chi connectivity index (χ0) is 29.5. The summed E-state index contributed by atoms with van der Waals surface area (Å²) >= 11 is 0. The second-order valence-electron chi connectivity index (χ2n) is 11.4. The number of nitrogens with zero attached hydrogens (tertiary/aromatic N) is 5. The number of fused-ring (bicyclic) bond motifs is 9. The molecule has 10 aromatic rings. The summed E-state index contributed by atoms with van der Waals surface area (Å²) in [4.78, 5) is 13.1. The average Bonchev–Trinajstić information content (AvgIpc) is 3.75. The van der Waals surface area contributed by atoms with E-state index in [1.807, 2.05) is 12.1 Å². The maximum Gasteiger partial charge on any atom is 0.237 e. The summed E-state index contributed by atoms with van der Waals surface area (Å²) in [5.74, 6) is 0.608. The summed E-state index contributed by atoms with van der Waals surface area (Å²) in [6.45, 7) is 0. The van der Waals surface area contributed by atoms with Crippen LogP contribution in [0.2, 0.25) is 0 Å². The SMILES string of the molecule is c1ccc2c(c1)oc1ccc(-c3ccc(-n4c5ccccc5c5cc6c(cc54)c4ccccc4n6-c4ncncn4)cc3)cc12. The van der Waals surface area contributed by atoms with Gasteiger partial charge in [-0.15, -0.1) is 0 Å². The Bertz CT molecular complexity index is 2750. The molecule has 0 saturated carbocycles. The van der Waals surface area contributed by atoms with Crippen LogP contribution in [0.4, 0.5) is 0 Å². The summed E-state index contributed by atoms with van der Waals surface area (Å²) < 4.78 is 10.6. The molecule has 0 aliphatic heterocycles. The lowest BCUT2D eigenvalue weighted by Crippen LogP contribution is -2.00. The molecule has 0 spiro atoms. The van der Waals surface area contributed by atoms with Crippen molar-refractivity contribution in [1.29, 1.82) is 0 Å². The zero-order valence-corrected chi connectivity index (χ0v) is 23.9. The van der Waals surface area contributed by atoms with Gasteiger partial charge < -0.3 is 8.98 Å². The molecule has 0 amide bonds. The Hall–Kier alpha value is -6.27. The smallest absolute Gasteiger partial charge is 0.237 e. The lowest BCUT2D eigenvalue weighted by atomic mass is 10.0. The molecule has 0 aliphatic rings. The number of benzene rings is 6. The van der Waals surface area contributed by atoms with E-state index in [2.05, 4.69) is 139 Å². The second kappa shape index (κ2) is 9.11. The summed E-state index contributed by atoms with van der Waals surface area (Å²) in [5, 5.41) is 6.96. The first-order chi connectivity index (χ1) is 22.3. The van der Waals surface area contributed by atoms with Gasteiger partial charge in [0, 0.05) is 38.0 Å². The van der Waals surface area contributed by atoms with Crippen LogP contribution >= 0.6 is 0 Å². The van der Waals surface area contributed by atoms with Gasteiger partial charge in [-0.05, 0) is 65.7 Å². The molecule has 210 valence electrons. The van der Waals surface area contributed by atoms with Crippen LogP contribution < -0.4 is 0 Å². The Morgan fingerprint density at radius 1 is 0.422 bits per heavy atom. The number of para-hydroxylation sites is 3. The van der Waals surface area contributed by atoms with Crippen LogP contribution in [-0.4, -0.2) is 24.1 Å². The number of furan rings is 1. The Balaban J connectivity index is 1.18. The molecule has 0 saturated heterocycles. The third-order valence-corrected chi connectivity index (χ3v) is 8.98. The van der Waals surface area contributed by atoms with Crippen LogP contribution in [-0.2, 0) is 0 Å². The van der Waals surface area contributed by atoms with Gasteiger partial charge in [-0.3, -0.25) is 4.57 Å². The summed E-state index contributed by atoms with van der Waals surface area (Å²) in [5.41, 5.74) is 9.70. The number of aromatic nitrogens is 5. The van der Waals surface area contributed by atoms with E-state index >= 15 is 0 Å². The normalized spacial score (nSPS) is 12.0. The molecule has 0 atom stereocenters. The van der Waals surface area contributed by atoms with Gasteiger partial charge in [0.05, 0.1) is 22.1 Å². The van der Waals surface area contributed by atoms with E-state index in [9.17, 15) is 0 Å². The van der Waals surface area contributed by atoms with E-state index in [-0.39, 0.29) is 0 Å². The molecule has 6 heteroatoms. The van der Waals surface area contributed by atoms with Crippen LogP contribution in [0.25, 0.3) is 88.3 Å². The van der Waals surface area contributed by atoms with Crippen molar-refractivity contribution >= 4 is 65.6 Å². The Morgan fingerprint density at radius 3 is 1.73 bits per heavy atom. The fourth-order valence-electron chi connectivity index (χ4n) is 6.98. The number of hydrogen-bond acceptors (Lipinski definition) is 4. The minimum atomic E-state index is 0.608. The number of hydrogen-bond donors (Lipinski definition) is 0. The lowest BCUT2D eigenvalue weighted by Gasteiger charge is -2.10.